The molecule has 1 aliphatic rings. The molecule has 1 saturated heterocycles. The third kappa shape index (κ3) is 4.26. The van der Waals surface area contributed by atoms with Gasteiger partial charge in [0.05, 0.1) is 5.69 Å². The average Bonchev–Trinajstić information content (AvgIpc) is 2.82. The van der Waals surface area contributed by atoms with Crippen LogP contribution in [0.4, 0.5) is 5.69 Å². The van der Waals surface area contributed by atoms with Crippen molar-refractivity contribution in [1.82, 2.24) is 0 Å². The Balaban J connectivity index is 1.85. The van der Waals surface area contributed by atoms with E-state index in [0.29, 0.717) is 0 Å². The smallest absolute Gasteiger partial charge is 0.218 e. The molecule has 0 atom stereocenters. The molecule has 0 aromatic heterocycles. The van der Waals surface area contributed by atoms with Gasteiger partial charge in [-0.15, -0.1) is 0 Å². The lowest BCUT2D eigenvalue weighted by atomic mass is 10.0. The summed E-state index contributed by atoms with van der Waals surface area (Å²) in [5, 5.41) is 2.16. The van der Waals surface area contributed by atoms with Crippen molar-refractivity contribution in [2.75, 3.05) is 0 Å². The summed E-state index contributed by atoms with van der Waals surface area (Å²) in [4.78, 5) is 5.92. The number of benzene rings is 2. The van der Waals surface area contributed by atoms with E-state index in [1.807, 2.05) is 18.2 Å². The van der Waals surface area contributed by atoms with Gasteiger partial charge >= 0.3 is 0 Å². The molecule has 3 heteroatoms. The molecule has 0 amide bonds. The van der Waals surface area contributed by atoms with Gasteiger partial charge in [0.1, 0.15) is 5.60 Å². The zero-order chi connectivity index (χ0) is 16.3. The Labute approximate surface area is 142 Å². The molecule has 1 fully saturated rings. The van der Waals surface area contributed by atoms with Crippen molar-refractivity contribution in [1.29, 1.82) is 0 Å². The molecule has 0 bridgehead atoms. The van der Waals surface area contributed by atoms with Gasteiger partial charge < -0.3 is 4.74 Å². The first-order valence-electron chi connectivity index (χ1n) is 7.77. The van der Waals surface area contributed by atoms with Crippen LogP contribution in [0.3, 0.4) is 0 Å². The van der Waals surface area contributed by atoms with Crippen molar-refractivity contribution in [3.8, 4) is 0 Å². The van der Waals surface area contributed by atoms with Crippen LogP contribution in [0, 0.1) is 6.92 Å². The number of thioether (sulfide) groups is 1. The van der Waals surface area contributed by atoms with Gasteiger partial charge in [-0.2, -0.15) is 0 Å². The second kappa shape index (κ2) is 6.63. The minimum atomic E-state index is -0.202. The van der Waals surface area contributed by atoms with Gasteiger partial charge in [0, 0.05) is 16.9 Å². The third-order valence-electron chi connectivity index (χ3n) is 3.61. The molecule has 3 rings (SSSR count). The molecule has 2 nitrogen and oxygen atoms in total. The molecule has 0 radical (unpaired) electrons. The predicted molar refractivity (Wildman–Crippen MR) is 98.4 cm³/mol. The lowest BCUT2D eigenvalue weighted by molar-refractivity contribution is 0.125. The number of aryl methyl sites for hydroxylation is 1. The zero-order valence-electron chi connectivity index (χ0n) is 13.7. The standard InChI is InChI=1S/C20H21NOS/c1-15-9-11-17(12-10-15)21-19-16(13-20(2,3)22-19)14-23-18-7-5-4-6-8-18/h4-12,14H,13H2,1-3H3/b16-14+,21-19?. The van der Waals surface area contributed by atoms with Crippen molar-refractivity contribution < 1.29 is 4.74 Å². The lowest BCUT2D eigenvalue weighted by Crippen LogP contribution is -2.17. The zero-order valence-corrected chi connectivity index (χ0v) is 14.6. The minimum Gasteiger partial charge on any atom is -0.471 e. The van der Waals surface area contributed by atoms with Crippen LogP contribution in [-0.2, 0) is 4.74 Å². The van der Waals surface area contributed by atoms with Gasteiger partial charge in [-0.3, -0.25) is 0 Å². The topological polar surface area (TPSA) is 21.6 Å². The Kier molecular flexibility index (Phi) is 4.58. The number of ether oxygens (including phenoxy) is 1. The van der Waals surface area contributed by atoms with Crippen LogP contribution in [0.2, 0.25) is 0 Å². The van der Waals surface area contributed by atoms with E-state index in [0.717, 1.165) is 23.6 Å². The fourth-order valence-corrected chi connectivity index (χ4v) is 3.24. The molecule has 0 aliphatic carbocycles. The van der Waals surface area contributed by atoms with Crippen LogP contribution in [0.1, 0.15) is 25.8 Å². The highest BCUT2D eigenvalue weighted by Gasteiger charge is 2.33. The van der Waals surface area contributed by atoms with Crippen molar-refractivity contribution in [2.45, 2.75) is 37.7 Å². The highest BCUT2D eigenvalue weighted by Crippen LogP contribution is 2.35. The molecule has 0 unspecified atom stereocenters. The third-order valence-corrected chi connectivity index (χ3v) is 4.56. The Bertz CT molecular complexity index is 730. The number of hydrogen-bond donors (Lipinski definition) is 0. The molecule has 1 heterocycles. The largest absolute Gasteiger partial charge is 0.471 e. The Morgan fingerprint density at radius 1 is 1.04 bits per heavy atom. The van der Waals surface area contributed by atoms with Gasteiger partial charge in [0.15, 0.2) is 0 Å². The summed E-state index contributed by atoms with van der Waals surface area (Å²) in [6.45, 7) is 6.28. The predicted octanol–water partition coefficient (Wildman–Crippen LogP) is 5.90. The molecule has 0 spiro atoms. The van der Waals surface area contributed by atoms with E-state index in [-0.39, 0.29) is 5.60 Å². The summed E-state index contributed by atoms with van der Waals surface area (Å²) in [6, 6.07) is 18.6. The number of rotatable bonds is 3. The van der Waals surface area contributed by atoms with Crippen LogP contribution in [0.25, 0.3) is 0 Å². The minimum absolute atomic E-state index is 0.202. The van der Waals surface area contributed by atoms with Gasteiger partial charge in [-0.25, -0.2) is 4.99 Å². The van der Waals surface area contributed by atoms with E-state index in [4.69, 9.17) is 9.73 Å². The van der Waals surface area contributed by atoms with Gasteiger partial charge in [0.25, 0.3) is 0 Å². The van der Waals surface area contributed by atoms with Crippen LogP contribution >= 0.6 is 11.8 Å². The molecular formula is C20H21NOS. The summed E-state index contributed by atoms with van der Waals surface area (Å²) in [7, 11) is 0. The number of hydrogen-bond acceptors (Lipinski definition) is 3. The van der Waals surface area contributed by atoms with Crippen molar-refractivity contribution in [3.05, 3.63) is 71.1 Å². The number of aliphatic imine (C=N–C) groups is 1. The molecule has 0 saturated carbocycles. The van der Waals surface area contributed by atoms with Crippen LogP contribution in [0.5, 0.6) is 0 Å². The SMILES string of the molecule is Cc1ccc(N=C2OC(C)(C)C/C2=C\Sc2ccccc2)cc1. The Morgan fingerprint density at radius 2 is 1.74 bits per heavy atom. The van der Waals surface area contributed by atoms with Crippen LogP contribution < -0.4 is 0 Å². The monoisotopic (exact) mass is 323 g/mol. The highest BCUT2D eigenvalue weighted by molar-refractivity contribution is 8.02. The van der Waals surface area contributed by atoms with E-state index < -0.39 is 0 Å². The first-order valence-corrected chi connectivity index (χ1v) is 8.65. The molecule has 118 valence electrons. The maximum atomic E-state index is 6.05. The Morgan fingerprint density at radius 3 is 2.43 bits per heavy atom. The summed E-state index contributed by atoms with van der Waals surface area (Å²) in [6.07, 6.45) is 0.873. The lowest BCUT2D eigenvalue weighted by Gasteiger charge is -2.15. The van der Waals surface area contributed by atoms with E-state index in [1.54, 1.807) is 11.8 Å². The molecule has 23 heavy (non-hydrogen) atoms. The second-order valence-electron chi connectivity index (χ2n) is 6.37. The molecule has 0 N–H and O–H groups in total. The quantitative estimate of drug-likeness (QED) is 0.656. The van der Waals surface area contributed by atoms with E-state index in [2.05, 4.69) is 62.6 Å². The summed E-state index contributed by atoms with van der Waals surface area (Å²) >= 11 is 1.71. The van der Waals surface area contributed by atoms with Crippen molar-refractivity contribution in [2.24, 2.45) is 4.99 Å². The molecule has 2 aromatic rings. The second-order valence-corrected chi connectivity index (χ2v) is 7.31. The van der Waals surface area contributed by atoms with Gasteiger partial charge in [0.2, 0.25) is 5.90 Å². The summed E-state index contributed by atoms with van der Waals surface area (Å²) < 4.78 is 6.05. The first kappa shape index (κ1) is 15.9. The van der Waals surface area contributed by atoms with Crippen molar-refractivity contribution >= 4 is 23.3 Å². The molecule has 1 aliphatic heterocycles. The molecular weight excluding hydrogens is 302 g/mol. The maximum absolute atomic E-state index is 6.05. The summed E-state index contributed by atoms with van der Waals surface area (Å²) in [5.41, 5.74) is 3.12. The van der Waals surface area contributed by atoms with E-state index in [1.165, 1.54) is 10.5 Å². The van der Waals surface area contributed by atoms with Crippen LogP contribution in [0.15, 0.2) is 75.5 Å². The fraction of sp³-hybridized carbons (Fsp3) is 0.250. The fourth-order valence-electron chi connectivity index (χ4n) is 2.46. The summed E-state index contributed by atoms with van der Waals surface area (Å²) in [5.74, 6) is 0.738. The van der Waals surface area contributed by atoms with Crippen LogP contribution in [-0.4, -0.2) is 11.5 Å². The normalized spacial score (nSPS) is 20.0. The highest BCUT2D eigenvalue weighted by atomic mass is 32.2. The molecule has 2 aromatic carbocycles. The maximum Gasteiger partial charge on any atom is 0.218 e. The number of nitrogens with zero attached hydrogens (tertiary/aromatic N) is 1. The average molecular weight is 323 g/mol. The van der Waals surface area contributed by atoms with E-state index >= 15 is 0 Å². The van der Waals surface area contributed by atoms with Gasteiger partial charge in [-0.05, 0) is 50.4 Å². The van der Waals surface area contributed by atoms with E-state index in [9.17, 15) is 0 Å². The van der Waals surface area contributed by atoms with Crippen molar-refractivity contribution in [3.63, 3.8) is 0 Å². The Hall–Kier alpha value is -2.00. The first-order chi connectivity index (χ1) is 11.0. The van der Waals surface area contributed by atoms with Gasteiger partial charge in [-0.1, -0.05) is 47.7 Å².